The lowest BCUT2D eigenvalue weighted by molar-refractivity contribution is -0.139. The zero-order valence-electron chi connectivity index (χ0n) is 13.6. The summed E-state index contributed by atoms with van der Waals surface area (Å²) in [6.07, 6.45) is 5.44. The van der Waals surface area contributed by atoms with Crippen molar-refractivity contribution in [3.05, 3.63) is 24.3 Å². The second-order valence-electron chi connectivity index (χ2n) is 6.78. The number of aromatic nitrogens is 1. The zero-order chi connectivity index (χ0) is 15.8. The van der Waals surface area contributed by atoms with E-state index in [2.05, 4.69) is 9.88 Å². The molecule has 1 aromatic heterocycles. The number of para-hydroxylation sites is 2. The van der Waals surface area contributed by atoms with Crippen LogP contribution in [0.15, 0.2) is 28.7 Å². The van der Waals surface area contributed by atoms with E-state index >= 15 is 0 Å². The minimum absolute atomic E-state index is 0.256. The lowest BCUT2D eigenvalue weighted by Crippen LogP contribution is -2.50. The molecule has 1 aliphatic carbocycles. The molecule has 1 aliphatic heterocycles. The van der Waals surface area contributed by atoms with Gasteiger partial charge in [0.15, 0.2) is 5.58 Å². The number of anilines is 1. The van der Waals surface area contributed by atoms with E-state index in [-0.39, 0.29) is 12.0 Å². The average molecular weight is 313 g/mol. The molecule has 0 N–H and O–H groups in total. The summed E-state index contributed by atoms with van der Waals surface area (Å²) in [5.74, 6) is 0.584. The largest absolute Gasteiger partial charge is 0.423 e. The molecular weight excluding hydrogens is 290 g/mol. The van der Waals surface area contributed by atoms with Crippen LogP contribution in [0.5, 0.6) is 0 Å². The Bertz CT molecular complexity index is 674. The SMILES string of the molecule is CN(C(=O)C1CCC1)C1CCCN(c2nc3ccccc3o2)C1. The molecule has 23 heavy (non-hydrogen) atoms. The standard InChI is InChI=1S/C18H23N3O2/c1-20(17(22)13-6-4-7-13)14-8-5-11-21(12-14)18-19-15-9-2-3-10-16(15)23-18/h2-3,9-10,13-14H,4-8,11-12H2,1H3. The van der Waals surface area contributed by atoms with E-state index in [0.717, 1.165) is 49.9 Å². The Morgan fingerprint density at radius 2 is 2.09 bits per heavy atom. The Kier molecular flexibility index (Phi) is 3.71. The summed E-state index contributed by atoms with van der Waals surface area (Å²) < 4.78 is 5.89. The number of hydrogen-bond acceptors (Lipinski definition) is 4. The predicted octanol–water partition coefficient (Wildman–Crippen LogP) is 3.06. The molecule has 5 heteroatoms. The van der Waals surface area contributed by atoms with Gasteiger partial charge in [0.1, 0.15) is 5.52 Å². The maximum absolute atomic E-state index is 12.5. The summed E-state index contributed by atoms with van der Waals surface area (Å²) in [4.78, 5) is 21.2. The maximum atomic E-state index is 12.5. The molecule has 1 saturated heterocycles. The topological polar surface area (TPSA) is 49.6 Å². The quantitative estimate of drug-likeness (QED) is 0.874. The van der Waals surface area contributed by atoms with Crippen molar-refractivity contribution in [2.45, 2.75) is 38.1 Å². The number of nitrogens with zero attached hydrogens (tertiary/aromatic N) is 3. The number of carbonyl (C=O) groups excluding carboxylic acids is 1. The minimum atomic E-state index is 0.256. The second-order valence-corrected chi connectivity index (χ2v) is 6.78. The number of rotatable bonds is 3. The first-order valence-electron chi connectivity index (χ1n) is 8.59. The van der Waals surface area contributed by atoms with Crippen LogP contribution < -0.4 is 4.90 Å². The zero-order valence-corrected chi connectivity index (χ0v) is 13.6. The lowest BCUT2D eigenvalue weighted by Gasteiger charge is -2.39. The molecule has 1 aromatic carbocycles. The predicted molar refractivity (Wildman–Crippen MR) is 89.4 cm³/mol. The van der Waals surface area contributed by atoms with E-state index in [1.165, 1.54) is 6.42 Å². The third kappa shape index (κ3) is 2.69. The van der Waals surface area contributed by atoms with Crippen LogP contribution in [-0.2, 0) is 4.79 Å². The second kappa shape index (κ2) is 5.87. The van der Waals surface area contributed by atoms with E-state index in [4.69, 9.17) is 4.42 Å². The van der Waals surface area contributed by atoms with Gasteiger partial charge in [-0.3, -0.25) is 4.79 Å². The summed E-state index contributed by atoms with van der Waals surface area (Å²) in [7, 11) is 1.96. The fourth-order valence-corrected chi connectivity index (χ4v) is 3.56. The third-order valence-corrected chi connectivity index (χ3v) is 5.30. The Labute approximate surface area is 136 Å². The number of benzene rings is 1. The third-order valence-electron chi connectivity index (χ3n) is 5.30. The first kappa shape index (κ1) is 14.5. The van der Waals surface area contributed by atoms with Crippen molar-refractivity contribution in [1.82, 2.24) is 9.88 Å². The van der Waals surface area contributed by atoms with Crippen LogP contribution in [0.1, 0.15) is 32.1 Å². The number of amides is 1. The summed E-state index contributed by atoms with van der Waals surface area (Å²) >= 11 is 0. The van der Waals surface area contributed by atoms with Crippen molar-refractivity contribution >= 4 is 23.0 Å². The highest BCUT2D eigenvalue weighted by Gasteiger charge is 2.33. The fraction of sp³-hybridized carbons (Fsp3) is 0.556. The first-order valence-corrected chi connectivity index (χ1v) is 8.59. The molecule has 1 atom stereocenters. The van der Waals surface area contributed by atoms with Crippen LogP contribution in [0.2, 0.25) is 0 Å². The number of oxazole rings is 1. The van der Waals surface area contributed by atoms with Crippen LogP contribution >= 0.6 is 0 Å². The van der Waals surface area contributed by atoms with Gasteiger partial charge in [0.05, 0.1) is 0 Å². The van der Waals surface area contributed by atoms with E-state index in [1.54, 1.807) is 0 Å². The minimum Gasteiger partial charge on any atom is -0.423 e. The number of carbonyl (C=O) groups is 1. The molecule has 5 nitrogen and oxygen atoms in total. The number of likely N-dealkylation sites (N-methyl/N-ethyl adjacent to an activating group) is 1. The molecule has 0 radical (unpaired) electrons. The average Bonchev–Trinajstić information content (AvgIpc) is 2.96. The molecule has 2 aromatic rings. The van der Waals surface area contributed by atoms with E-state index < -0.39 is 0 Å². The van der Waals surface area contributed by atoms with Crippen LogP contribution in [0, 0.1) is 5.92 Å². The molecule has 0 spiro atoms. The summed E-state index contributed by atoms with van der Waals surface area (Å²) in [6.45, 7) is 1.75. The van der Waals surface area contributed by atoms with Crippen LogP contribution in [0.25, 0.3) is 11.1 Å². The van der Waals surface area contributed by atoms with Gasteiger partial charge in [-0.25, -0.2) is 0 Å². The summed E-state index contributed by atoms with van der Waals surface area (Å²) in [5, 5.41) is 0. The molecule has 2 heterocycles. The molecule has 4 rings (SSSR count). The molecule has 1 unspecified atom stereocenters. The van der Waals surface area contributed by atoms with Gasteiger partial charge in [0.2, 0.25) is 5.91 Å². The number of fused-ring (bicyclic) bond motifs is 1. The van der Waals surface area contributed by atoms with E-state index in [1.807, 2.05) is 36.2 Å². The Morgan fingerprint density at radius 3 is 2.83 bits per heavy atom. The molecule has 122 valence electrons. The van der Waals surface area contributed by atoms with Crippen LogP contribution in [0.4, 0.5) is 6.01 Å². The smallest absolute Gasteiger partial charge is 0.298 e. The lowest BCUT2D eigenvalue weighted by atomic mass is 9.84. The molecule has 0 bridgehead atoms. The summed E-state index contributed by atoms with van der Waals surface area (Å²) in [5.41, 5.74) is 1.71. The van der Waals surface area contributed by atoms with Crippen LogP contribution in [0.3, 0.4) is 0 Å². The highest BCUT2D eigenvalue weighted by molar-refractivity contribution is 5.79. The van der Waals surface area contributed by atoms with Crippen molar-refractivity contribution in [1.29, 1.82) is 0 Å². The monoisotopic (exact) mass is 313 g/mol. The van der Waals surface area contributed by atoms with Crippen molar-refractivity contribution < 1.29 is 9.21 Å². The van der Waals surface area contributed by atoms with E-state index in [9.17, 15) is 4.79 Å². The molecule has 1 saturated carbocycles. The Morgan fingerprint density at radius 1 is 1.26 bits per heavy atom. The highest BCUT2D eigenvalue weighted by atomic mass is 16.4. The summed E-state index contributed by atoms with van der Waals surface area (Å²) in [6, 6.07) is 8.78. The number of piperidine rings is 1. The van der Waals surface area contributed by atoms with Crippen LogP contribution in [-0.4, -0.2) is 42.0 Å². The van der Waals surface area contributed by atoms with Crippen molar-refractivity contribution in [2.24, 2.45) is 5.92 Å². The van der Waals surface area contributed by atoms with Gasteiger partial charge in [-0.2, -0.15) is 4.98 Å². The number of hydrogen-bond donors (Lipinski definition) is 0. The Hall–Kier alpha value is -2.04. The molecular formula is C18H23N3O2. The van der Waals surface area contributed by atoms with Gasteiger partial charge < -0.3 is 14.2 Å². The van der Waals surface area contributed by atoms with Gasteiger partial charge in [-0.1, -0.05) is 18.6 Å². The van der Waals surface area contributed by atoms with Crippen molar-refractivity contribution in [2.75, 3.05) is 25.0 Å². The van der Waals surface area contributed by atoms with Gasteiger partial charge in [-0.15, -0.1) is 0 Å². The first-order chi connectivity index (χ1) is 11.2. The maximum Gasteiger partial charge on any atom is 0.298 e. The normalized spacial score (nSPS) is 22.1. The van der Waals surface area contributed by atoms with Gasteiger partial charge in [0.25, 0.3) is 6.01 Å². The van der Waals surface area contributed by atoms with Crippen molar-refractivity contribution in [3.63, 3.8) is 0 Å². The molecule has 2 fully saturated rings. The highest BCUT2D eigenvalue weighted by Crippen LogP contribution is 2.30. The van der Waals surface area contributed by atoms with Gasteiger partial charge in [-0.05, 0) is 37.8 Å². The van der Waals surface area contributed by atoms with Gasteiger partial charge in [0, 0.05) is 32.1 Å². The molecule has 1 amide bonds. The fourth-order valence-electron chi connectivity index (χ4n) is 3.56. The van der Waals surface area contributed by atoms with Gasteiger partial charge >= 0.3 is 0 Å². The molecule has 2 aliphatic rings. The Balaban J connectivity index is 1.48. The van der Waals surface area contributed by atoms with E-state index in [0.29, 0.717) is 11.9 Å². The van der Waals surface area contributed by atoms with Crippen molar-refractivity contribution in [3.8, 4) is 0 Å².